The van der Waals surface area contributed by atoms with Crippen molar-refractivity contribution in [1.29, 1.82) is 0 Å². The second-order valence-corrected chi connectivity index (χ2v) is 8.67. The fourth-order valence-electron chi connectivity index (χ4n) is 4.22. The van der Waals surface area contributed by atoms with Gasteiger partial charge >= 0.3 is 0 Å². The van der Waals surface area contributed by atoms with Gasteiger partial charge in [0.2, 0.25) is 11.8 Å². The van der Waals surface area contributed by atoms with Crippen LogP contribution < -0.4 is 10.2 Å². The molecular formula is C27H28FN3O2. The van der Waals surface area contributed by atoms with E-state index in [4.69, 9.17) is 0 Å². The molecule has 0 saturated carbocycles. The van der Waals surface area contributed by atoms with Gasteiger partial charge in [-0.1, -0.05) is 60.7 Å². The lowest BCUT2D eigenvalue weighted by atomic mass is 9.98. The molecular weight excluding hydrogens is 417 g/mol. The minimum atomic E-state index is -0.505. The van der Waals surface area contributed by atoms with E-state index in [1.807, 2.05) is 38.4 Å². The predicted molar refractivity (Wildman–Crippen MR) is 128 cm³/mol. The van der Waals surface area contributed by atoms with E-state index in [0.717, 1.165) is 23.2 Å². The summed E-state index contributed by atoms with van der Waals surface area (Å²) in [5, 5.41) is 2.98. The van der Waals surface area contributed by atoms with Crippen molar-refractivity contribution in [3.8, 4) is 11.1 Å². The van der Waals surface area contributed by atoms with Crippen LogP contribution in [0.1, 0.15) is 17.5 Å². The molecule has 170 valence electrons. The molecule has 3 aromatic rings. The van der Waals surface area contributed by atoms with Crippen molar-refractivity contribution in [1.82, 2.24) is 10.2 Å². The molecule has 6 heteroatoms. The molecule has 0 radical (unpaired) electrons. The number of halogens is 1. The maximum absolute atomic E-state index is 14.1. The first kappa shape index (κ1) is 22.7. The lowest BCUT2D eigenvalue weighted by Crippen LogP contribution is -2.33. The van der Waals surface area contributed by atoms with Crippen LogP contribution in [0.4, 0.5) is 10.1 Å². The first-order valence-corrected chi connectivity index (χ1v) is 11.1. The number of hydrogen-bond donors (Lipinski definition) is 1. The number of amides is 2. The smallest absolute Gasteiger partial charge is 0.227 e. The van der Waals surface area contributed by atoms with Gasteiger partial charge in [0, 0.05) is 26.1 Å². The van der Waals surface area contributed by atoms with Crippen molar-refractivity contribution in [2.45, 2.75) is 19.5 Å². The van der Waals surface area contributed by atoms with E-state index in [2.05, 4.69) is 34.5 Å². The van der Waals surface area contributed by atoms with Crippen LogP contribution in [-0.2, 0) is 22.7 Å². The summed E-state index contributed by atoms with van der Waals surface area (Å²) in [6.45, 7) is 1.42. The first-order valence-electron chi connectivity index (χ1n) is 11.1. The SMILES string of the molecule is CN(C)Cc1ccc(-c2ccccc2CNC(=O)[C@@H]2CC(=O)N(c3ccccc3F)C2)cc1. The van der Waals surface area contributed by atoms with Crippen LogP contribution in [0.25, 0.3) is 11.1 Å². The number of carbonyl (C=O) groups is 2. The largest absolute Gasteiger partial charge is 0.352 e. The first-order chi connectivity index (χ1) is 15.9. The summed E-state index contributed by atoms with van der Waals surface area (Å²) in [7, 11) is 4.08. The van der Waals surface area contributed by atoms with Gasteiger partial charge in [-0.2, -0.15) is 0 Å². The molecule has 5 nitrogen and oxygen atoms in total. The molecule has 0 aliphatic carbocycles. The van der Waals surface area contributed by atoms with E-state index in [1.54, 1.807) is 18.2 Å². The Hall–Kier alpha value is -3.51. The third-order valence-corrected chi connectivity index (χ3v) is 5.87. The molecule has 3 aromatic carbocycles. The van der Waals surface area contributed by atoms with E-state index in [9.17, 15) is 14.0 Å². The van der Waals surface area contributed by atoms with Gasteiger partial charge in [0.05, 0.1) is 11.6 Å². The van der Waals surface area contributed by atoms with Gasteiger partial charge in [-0.3, -0.25) is 9.59 Å². The van der Waals surface area contributed by atoms with Crippen LogP contribution in [0, 0.1) is 11.7 Å². The van der Waals surface area contributed by atoms with Crippen molar-refractivity contribution in [2.75, 3.05) is 25.5 Å². The maximum Gasteiger partial charge on any atom is 0.227 e. The van der Waals surface area contributed by atoms with Gasteiger partial charge in [0.15, 0.2) is 0 Å². The van der Waals surface area contributed by atoms with E-state index in [-0.39, 0.29) is 30.5 Å². The zero-order chi connectivity index (χ0) is 23.4. The molecule has 0 unspecified atom stereocenters. The number of hydrogen-bond acceptors (Lipinski definition) is 3. The highest BCUT2D eigenvalue weighted by atomic mass is 19.1. The topological polar surface area (TPSA) is 52.7 Å². The molecule has 1 aliphatic rings. The molecule has 0 spiro atoms. The third kappa shape index (κ3) is 5.29. The van der Waals surface area contributed by atoms with Crippen molar-refractivity contribution < 1.29 is 14.0 Å². The van der Waals surface area contributed by atoms with E-state index >= 15 is 0 Å². The van der Waals surface area contributed by atoms with Crippen molar-refractivity contribution in [3.63, 3.8) is 0 Å². The summed E-state index contributed by atoms with van der Waals surface area (Å²) in [4.78, 5) is 28.7. The maximum atomic E-state index is 14.1. The molecule has 0 bridgehead atoms. The van der Waals surface area contributed by atoms with Crippen molar-refractivity contribution >= 4 is 17.5 Å². The zero-order valence-electron chi connectivity index (χ0n) is 18.9. The monoisotopic (exact) mass is 445 g/mol. The highest BCUT2D eigenvalue weighted by Crippen LogP contribution is 2.28. The molecule has 1 aliphatic heterocycles. The highest BCUT2D eigenvalue weighted by Gasteiger charge is 2.36. The summed E-state index contributed by atoms with van der Waals surface area (Å²) in [5.74, 6) is -1.40. The van der Waals surface area contributed by atoms with Crippen molar-refractivity contribution in [3.05, 3.63) is 89.7 Å². The minimum Gasteiger partial charge on any atom is -0.352 e. The number of nitrogens with zero attached hydrogens (tertiary/aromatic N) is 2. The summed E-state index contributed by atoms with van der Waals surface area (Å²) in [6.07, 6.45) is 0.0785. The Bertz CT molecular complexity index is 1140. The normalized spacial score (nSPS) is 15.8. The molecule has 33 heavy (non-hydrogen) atoms. The Morgan fingerprint density at radius 2 is 1.73 bits per heavy atom. The quantitative estimate of drug-likeness (QED) is 0.592. The minimum absolute atomic E-state index is 0.0785. The van der Waals surface area contributed by atoms with Gasteiger partial charge < -0.3 is 15.1 Å². The number of benzene rings is 3. The van der Waals surface area contributed by atoms with Gasteiger partial charge in [-0.15, -0.1) is 0 Å². The standard InChI is InChI=1S/C27H28FN3O2/c1-30(2)17-19-11-13-20(14-12-19)23-8-4-3-7-21(23)16-29-27(33)22-15-26(32)31(18-22)25-10-6-5-9-24(25)28/h3-14,22H,15-18H2,1-2H3,(H,29,33)/t22-/m1/s1. The summed E-state index contributed by atoms with van der Waals surface area (Å²) < 4.78 is 14.1. The second-order valence-electron chi connectivity index (χ2n) is 8.67. The Morgan fingerprint density at radius 3 is 2.45 bits per heavy atom. The van der Waals surface area contributed by atoms with Crippen LogP contribution in [-0.4, -0.2) is 37.4 Å². The lowest BCUT2D eigenvalue weighted by molar-refractivity contribution is -0.126. The van der Waals surface area contributed by atoms with Crippen LogP contribution in [0.15, 0.2) is 72.8 Å². The molecule has 1 fully saturated rings. The highest BCUT2D eigenvalue weighted by molar-refractivity contribution is 6.00. The molecule has 1 N–H and O–H groups in total. The number of para-hydroxylation sites is 1. The molecule has 1 atom stereocenters. The average Bonchev–Trinajstić information content (AvgIpc) is 3.19. The van der Waals surface area contributed by atoms with Gasteiger partial charge in [0.25, 0.3) is 0 Å². The van der Waals surface area contributed by atoms with Gasteiger partial charge in [0.1, 0.15) is 5.82 Å². The number of rotatable bonds is 7. The third-order valence-electron chi connectivity index (χ3n) is 5.87. The molecule has 2 amide bonds. The van der Waals surface area contributed by atoms with Crippen LogP contribution in [0.2, 0.25) is 0 Å². The fourth-order valence-corrected chi connectivity index (χ4v) is 4.22. The molecule has 0 aromatic heterocycles. The molecule has 1 heterocycles. The number of nitrogens with one attached hydrogen (secondary N) is 1. The Balaban J connectivity index is 1.42. The molecule has 1 saturated heterocycles. The fraction of sp³-hybridized carbons (Fsp3) is 0.259. The lowest BCUT2D eigenvalue weighted by Gasteiger charge is -2.17. The summed E-state index contributed by atoms with van der Waals surface area (Å²) in [6, 6.07) is 22.5. The summed E-state index contributed by atoms with van der Waals surface area (Å²) in [5.41, 5.74) is 4.61. The predicted octanol–water partition coefficient (Wildman–Crippen LogP) is 4.22. The zero-order valence-corrected chi connectivity index (χ0v) is 18.9. The van der Waals surface area contributed by atoms with Gasteiger partial charge in [-0.25, -0.2) is 4.39 Å². The molecule has 4 rings (SSSR count). The van der Waals surface area contributed by atoms with E-state index in [1.165, 1.54) is 16.5 Å². The Labute approximate surface area is 193 Å². The van der Waals surface area contributed by atoms with Crippen LogP contribution in [0.5, 0.6) is 0 Å². The number of anilines is 1. The van der Waals surface area contributed by atoms with Crippen molar-refractivity contribution in [2.24, 2.45) is 5.92 Å². The van der Waals surface area contributed by atoms with Gasteiger partial charge in [-0.05, 0) is 48.5 Å². The Kier molecular flexibility index (Phi) is 6.84. The van der Waals surface area contributed by atoms with Crippen LogP contribution >= 0.6 is 0 Å². The number of carbonyl (C=O) groups excluding carboxylic acids is 2. The average molecular weight is 446 g/mol. The summed E-state index contributed by atoms with van der Waals surface area (Å²) >= 11 is 0. The Morgan fingerprint density at radius 1 is 1.03 bits per heavy atom. The van der Waals surface area contributed by atoms with E-state index < -0.39 is 11.7 Å². The van der Waals surface area contributed by atoms with E-state index in [0.29, 0.717) is 6.54 Å². The second kappa shape index (κ2) is 9.96. The van der Waals surface area contributed by atoms with Crippen LogP contribution in [0.3, 0.4) is 0 Å².